The third-order valence-electron chi connectivity index (χ3n) is 3.67. The molecule has 2 aromatic rings. The minimum absolute atomic E-state index is 0.230. The van der Waals surface area contributed by atoms with Crippen LogP contribution in [0.4, 0.5) is 0 Å². The second-order valence-corrected chi connectivity index (χ2v) is 6.25. The predicted molar refractivity (Wildman–Crippen MR) is 97.2 cm³/mol. The number of hydrazone groups is 1. The third-order valence-corrected chi connectivity index (χ3v) is 4.23. The number of carbonyl (C=O) groups excluding carboxylic acids is 1. The number of amides is 1. The van der Waals surface area contributed by atoms with Crippen LogP contribution in [0.1, 0.15) is 19.1 Å². The Morgan fingerprint density at radius 3 is 2.88 bits per heavy atom. The molecule has 2 heterocycles. The second kappa shape index (κ2) is 7.14. The summed E-state index contributed by atoms with van der Waals surface area (Å²) in [5, 5.41) is 15.2. The summed E-state index contributed by atoms with van der Waals surface area (Å²) < 4.78 is 5.78. The van der Waals surface area contributed by atoms with Crippen LogP contribution >= 0.6 is 23.2 Å². The van der Waals surface area contributed by atoms with Crippen LogP contribution in [-0.4, -0.2) is 23.2 Å². The first-order valence-electron chi connectivity index (χ1n) is 7.51. The van der Waals surface area contributed by atoms with E-state index in [-0.39, 0.29) is 18.9 Å². The van der Waals surface area contributed by atoms with Crippen LogP contribution in [0.3, 0.4) is 0 Å². The molecule has 7 heteroatoms. The molecule has 1 aromatic heterocycles. The number of nitriles is 1. The highest BCUT2D eigenvalue weighted by molar-refractivity contribution is 6.35. The van der Waals surface area contributed by atoms with Crippen molar-refractivity contribution in [2.45, 2.75) is 13.3 Å². The first-order chi connectivity index (χ1) is 12.0. The van der Waals surface area contributed by atoms with E-state index in [4.69, 9.17) is 32.9 Å². The number of rotatable bonds is 4. The maximum absolute atomic E-state index is 12.4. The molecule has 0 saturated heterocycles. The lowest BCUT2D eigenvalue weighted by molar-refractivity contribution is -0.125. The highest BCUT2D eigenvalue weighted by atomic mass is 35.5. The smallest absolute Gasteiger partial charge is 0.276 e. The molecule has 0 saturated carbocycles. The van der Waals surface area contributed by atoms with E-state index in [1.807, 2.05) is 6.07 Å². The van der Waals surface area contributed by atoms with Crippen molar-refractivity contribution in [3.05, 3.63) is 51.7 Å². The van der Waals surface area contributed by atoms with Gasteiger partial charge in [0.25, 0.3) is 5.91 Å². The minimum Gasteiger partial charge on any atom is -0.457 e. The zero-order valence-corrected chi connectivity index (χ0v) is 14.8. The van der Waals surface area contributed by atoms with Crippen molar-refractivity contribution in [2.75, 3.05) is 6.54 Å². The van der Waals surface area contributed by atoms with Gasteiger partial charge in [0.1, 0.15) is 11.5 Å². The molecule has 0 atom stereocenters. The molecule has 0 unspecified atom stereocenters. The molecule has 5 nitrogen and oxygen atoms in total. The Hall–Kier alpha value is -2.55. The molecule has 1 aliphatic rings. The summed E-state index contributed by atoms with van der Waals surface area (Å²) in [5.74, 6) is 0.818. The molecule has 0 bridgehead atoms. The van der Waals surface area contributed by atoms with Crippen LogP contribution < -0.4 is 0 Å². The van der Waals surface area contributed by atoms with Gasteiger partial charge in [-0.1, -0.05) is 23.2 Å². The zero-order chi connectivity index (χ0) is 18.0. The molecule has 1 aromatic carbocycles. The topological polar surface area (TPSA) is 69.6 Å². The van der Waals surface area contributed by atoms with E-state index in [0.29, 0.717) is 38.4 Å². The van der Waals surface area contributed by atoms with E-state index in [0.717, 1.165) is 0 Å². The van der Waals surface area contributed by atoms with Crippen molar-refractivity contribution in [3.63, 3.8) is 0 Å². The molecule has 3 rings (SSSR count). The Morgan fingerprint density at radius 2 is 2.12 bits per heavy atom. The molecule has 1 aliphatic heterocycles. The lowest BCUT2D eigenvalue weighted by Crippen LogP contribution is -2.22. The number of halogens is 2. The van der Waals surface area contributed by atoms with Gasteiger partial charge in [0.05, 0.1) is 35.3 Å². The molecule has 25 heavy (non-hydrogen) atoms. The van der Waals surface area contributed by atoms with Crippen LogP contribution in [0, 0.1) is 11.3 Å². The number of carbonyl (C=O) groups is 1. The van der Waals surface area contributed by atoms with Crippen LogP contribution in [0.5, 0.6) is 0 Å². The molecule has 0 N–H and O–H groups in total. The number of nitrogens with zero attached hydrogens (tertiary/aromatic N) is 3. The summed E-state index contributed by atoms with van der Waals surface area (Å²) >= 11 is 12.2. The standard InChI is InChI=1S/C18H13Cl2N3O2/c1-11-14(18(24)23(22-11)8-2-7-21)10-13-4-6-17(25-13)15-9-12(19)3-5-16(15)20/h3-6,9-10H,2,8H2,1H3. The summed E-state index contributed by atoms with van der Waals surface area (Å²) in [6.07, 6.45) is 1.86. The fraction of sp³-hybridized carbons (Fsp3) is 0.167. The van der Waals surface area contributed by atoms with E-state index in [1.54, 1.807) is 43.3 Å². The summed E-state index contributed by atoms with van der Waals surface area (Å²) in [6, 6.07) is 10.6. The molecule has 0 fully saturated rings. The van der Waals surface area contributed by atoms with Gasteiger partial charge >= 0.3 is 0 Å². The average Bonchev–Trinajstić information content (AvgIpc) is 3.15. The SMILES string of the molecule is CC1=NN(CCC#N)C(=O)C1=Cc1ccc(-c2cc(Cl)ccc2Cl)o1. The van der Waals surface area contributed by atoms with Gasteiger partial charge in [-0.3, -0.25) is 4.79 Å². The van der Waals surface area contributed by atoms with Gasteiger partial charge in [0, 0.05) is 10.6 Å². The highest BCUT2D eigenvalue weighted by Crippen LogP contribution is 2.32. The van der Waals surface area contributed by atoms with Crippen LogP contribution in [0.25, 0.3) is 17.4 Å². The van der Waals surface area contributed by atoms with Crippen molar-refractivity contribution in [1.82, 2.24) is 5.01 Å². The van der Waals surface area contributed by atoms with Gasteiger partial charge in [-0.15, -0.1) is 0 Å². The first-order valence-corrected chi connectivity index (χ1v) is 8.26. The molecule has 0 radical (unpaired) electrons. The number of furan rings is 1. The fourth-order valence-corrected chi connectivity index (χ4v) is 2.83. The van der Waals surface area contributed by atoms with E-state index < -0.39 is 0 Å². The van der Waals surface area contributed by atoms with Crippen LogP contribution in [0.2, 0.25) is 10.0 Å². The molecule has 1 amide bonds. The minimum atomic E-state index is -0.244. The monoisotopic (exact) mass is 373 g/mol. The largest absolute Gasteiger partial charge is 0.457 e. The van der Waals surface area contributed by atoms with E-state index in [2.05, 4.69) is 5.10 Å². The van der Waals surface area contributed by atoms with E-state index in [1.165, 1.54) is 5.01 Å². The van der Waals surface area contributed by atoms with Gasteiger partial charge in [-0.2, -0.15) is 10.4 Å². The predicted octanol–water partition coefficient (Wildman–Crippen LogP) is 4.77. The molecular weight excluding hydrogens is 361 g/mol. The number of benzene rings is 1. The summed E-state index contributed by atoms with van der Waals surface area (Å²) in [6.45, 7) is 2.01. The quantitative estimate of drug-likeness (QED) is 0.724. The van der Waals surface area contributed by atoms with E-state index >= 15 is 0 Å². The summed E-state index contributed by atoms with van der Waals surface area (Å²) in [7, 11) is 0. The maximum atomic E-state index is 12.4. The normalized spacial score (nSPS) is 15.6. The lowest BCUT2D eigenvalue weighted by atomic mass is 10.1. The Balaban J connectivity index is 1.87. The molecular formula is C18H13Cl2N3O2. The van der Waals surface area contributed by atoms with Gasteiger partial charge in [0.15, 0.2) is 0 Å². The zero-order valence-electron chi connectivity index (χ0n) is 13.3. The van der Waals surface area contributed by atoms with Crippen molar-refractivity contribution in [3.8, 4) is 17.4 Å². The third kappa shape index (κ3) is 3.60. The fourth-order valence-electron chi connectivity index (χ4n) is 2.45. The van der Waals surface area contributed by atoms with Crippen LogP contribution in [-0.2, 0) is 4.79 Å². The van der Waals surface area contributed by atoms with Crippen molar-refractivity contribution in [1.29, 1.82) is 5.26 Å². The highest BCUT2D eigenvalue weighted by Gasteiger charge is 2.27. The van der Waals surface area contributed by atoms with Crippen molar-refractivity contribution < 1.29 is 9.21 Å². The summed E-state index contributed by atoms with van der Waals surface area (Å²) in [5.41, 5.74) is 1.70. The molecule has 0 aliphatic carbocycles. The van der Waals surface area contributed by atoms with Gasteiger partial charge in [0.2, 0.25) is 0 Å². The first kappa shape index (κ1) is 17.3. The second-order valence-electron chi connectivity index (χ2n) is 5.41. The average molecular weight is 374 g/mol. The Morgan fingerprint density at radius 1 is 1.32 bits per heavy atom. The van der Waals surface area contributed by atoms with Crippen molar-refractivity contribution >= 4 is 40.9 Å². The van der Waals surface area contributed by atoms with Crippen LogP contribution in [0.15, 0.2) is 45.4 Å². The Labute approximate surface area is 154 Å². The van der Waals surface area contributed by atoms with Gasteiger partial charge in [-0.25, -0.2) is 5.01 Å². The molecule has 126 valence electrons. The van der Waals surface area contributed by atoms with E-state index in [9.17, 15) is 4.79 Å². The van der Waals surface area contributed by atoms with Gasteiger partial charge < -0.3 is 4.42 Å². The van der Waals surface area contributed by atoms with Crippen molar-refractivity contribution in [2.24, 2.45) is 5.10 Å². The maximum Gasteiger partial charge on any atom is 0.276 e. The Bertz CT molecular complexity index is 938. The number of hydrogen-bond acceptors (Lipinski definition) is 4. The number of hydrogen-bond donors (Lipinski definition) is 0. The molecule has 0 spiro atoms. The Kier molecular flexibility index (Phi) is 4.93. The summed E-state index contributed by atoms with van der Waals surface area (Å²) in [4.78, 5) is 12.4. The lowest BCUT2D eigenvalue weighted by Gasteiger charge is -2.08. The van der Waals surface area contributed by atoms with Gasteiger partial charge in [-0.05, 0) is 43.3 Å².